The van der Waals surface area contributed by atoms with Crippen molar-refractivity contribution < 1.29 is 20.1 Å². The van der Waals surface area contributed by atoms with Gasteiger partial charge in [-0.2, -0.15) is 0 Å². The summed E-state index contributed by atoms with van der Waals surface area (Å²) in [5, 5.41) is 25.5. The van der Waals surface area contributed by atoms with Crippen LogP contribution in [-0.2, 0) is 4.79 Å². The molecule has 0 amide bonds. The third kappa shape index (κ3) is 3.18. The van der Waals surface area contributed by atoms with Crippen LogP contribution in [-0.4, -0.2) is 40.4 Å². The highest BCUT2D eigenvalue weighted by molar-refractivity contribution is 5.50. The van der Waals surface area contributed by atoms with Crippen LogP contribution in [0.25, 0.3) is 0 Å². The van der Waals surface area contributed by atoms with E-state index in [0.717, 1.165) is 0 Å². The van der Waals surface area contributed by atoms with E-state index in [2.05, 4.69) is 0 Å². The molecule has 0 aromatic rings. The minimum atomic E-state index is -1.20. The van der Waals surface area contributed by atoms with Crippen LogP contribution in [0, 0.1) is 0 Å². The maximum atomic E-state index is 9.68. The zero-order valence-electron chi connectivity index (χ0n) is 4.90. The lowest BCUT2D eigenvalue weighted by molar-refractivity contribution is -0.111. The Bertz CT molecular complexity index is 83.0. The zero-order chi connectivity index (χ0) is 7.28. The minimum Gasteiger partial charge on any atom is -0.394 e. The second kappa shape index (κ2) is 4.43. The van der Waals surface area contributed by atoms with Gasteiger partial charge in [0.2, 0.25) is 0 Å². The van der Waals surface area contributed by atoms with E-state index in [-0.39, 0.29) is 6.42 Å². The Hall–Kier alpha value is -0.450. The summed E-state index contributed by atoms with van der Waals surface area (Å²) < 4.78 is 0. The molecule has 0 aromatic heterocycles. The van der Waals surface area contributed by atoms with Crippen LogP contribution in [0.5, 0.6) is 0 Å². The summed E-state index contributed by atoms with van der Waals surface area (Å²) in [4.78, 5) is 9.68. The van der Waals surface area contributed by atoms with Crippen molar-refractivity contribution in [3.63, 3.8) is 0 Å². The van der Waals surface area contributed by atoms with Crippen molar-refractivity contribution in [2.75, 3.05) is 6.61 Å². The Kier molecular flexibility index (Phi) is 4.21. The van der Waals surface area contributed by atoms with Gasteiger partial charge in [-0.3, -0.25) is 0 Å². The monoisotopic (exact) mass is 134 g/mol. The molecular weight excluding hydrogens is 124 g/mol. The minimum absolute atomic E-state index is 0.137. The molecule has 2 atom stereocenters. The number of aldehydes is 1. The molecule has 4 nitrogen and oxygen atoms in total. The van der Waals surface area contributed by atoms with Gasteiger partial charge in [0.05, 0.1) is 12.7 Å². The molecule has 0 rings (SSSR count). The highest BCUT2D eigenvalue weighted by Gasteiger charge is 2.13. The van der Waals surface area contributed by atoms with Crippen molar-refractivity contribution in [1.29, 1.82) is 0 Å². The average molecular weight is 134 g/mol. The summed E-state index contributed by atoms with van der Waals surface area (Å²) >= 11 is 0. The number of carbonyl (C=O) groups is 1. The van der Waals surface area contributed by atoms with E-state index in [1.54, 1.807) is 0 Å². The smallest absolute Gasteiger partial charge is 0.122 e. The molecule has 9 heavy (non-hydrogen) atoms. The van der Waals surface area contributed by atoms with Gasteiger partial charge >= 0.3 is 0 Å². The Morgan fingerprint density at radius 3 is 2.22 bits per heavy atom. The van der Waals surface area contributed by atoms with Gasteiger partial charge in [0.15, 0.2) is 0 Å². The molecule has 0 aliphatic rings. The molecule has 0 aliphatic carbocycles. The first-order chi connectivity index (χ1) is 4.22. The van der Waals surface area contributed by atoms with Crippen LogP contribution < -0.4 is 0 Å². The van der Waals surface area contributed by atoms with Gasteiger partial charge in [0, 0.05) is 6.42 Å². The van der Waals surface area contributed by atoms with Crippen molar-refractivity contribution in [3.8, 4) is 0 Å². The largest absolute Gasteiger partial charge is 0.394 e. The Balaban J connectivity index is 3.44. The maximum absolute atomic E-state index is 9.68. The summed E-state index contributed by atoms with van der Waals surface area (Å²) in [5.74, 6) is 0. The summed E-state index contributed by atoms with van der Waals surface area (Å²) in [6.45, 7) is -0.519. The topological polar surface area (TPSA) is 77.8 Å². The van der Waals surface area contributed by atoms with Crippen LogP contribution in [0.15, 0.2) is 0 Å². The quantitative estimate of drug-likeness (QED) is 0.400. The van der Waals surface area contributed by atoms with E-state index in [9.17, 15) is 4.79 Å². The summed E-state index contributed by atoms with van der Waals surface area (Å²) in [7, 11) is 0. The van der Waals surface area contributed by atoms with Crippen LogP contribution in [0.2, 0.25) is 0 Å². The average Bonchev–Trinajstić information content (AvgIpc) is 1.87. The third-order valence-corrected chi connectivity index (χ3v) is 0.969. The number of hydrogen-bond donors (Lipinski definition) is 3. The van der Waals surface area contributed by atoms with Gasteiger partial charge in [0.25, 0.3) is 0 Å². The molecule has 0 heterocycles. The first-order valence-electron chi connectivity index (χ1n) is 2.63. The molecule has 0 saturated heterocycles. The molecular formula is C5H10O4. The van der Waals surface area contributed by atoms with E-state index in [1.807, 2.05) is 0 Å². The Labute approximate surface area is 52.7 Å². The fourth-order valence-electron chi connectivity index (χ4n) is 0.377. The van der Waals surface area contributed by atoms with E-state index in [1.165, 1.54) is 0 Å². The van der Waals surface area contributed by atoms with Crippen LogP contribution >= 0.6 is 0 Å². The lowest BCUT2D eigenvalue weighted by atomic mass is 10.2. The molecule has 0 radical (unpaired) electrons. The molecule has 0 aliphatic heterocycles. The lowest BCUT2D eigenvalue weighted by Crippen LogP contribution is -2.29. The number of aliphatic hydroxyl groups excluding tert-OH is 3. The number of hydrogen-bond acceptors (Lipinski definition) is 4. The van der Waals surface area contributed by atoms with Gasteiger partial charge in [-0.15, -0.1) is 0 Å². The van der Waals surface area contributed by atoms with Gasteiger partial charge in [0.1, 0.15) is 12.4 Å². The molecule has 4 heteroatoms. The van der Waals surface area contributed by atoms with Gasteiger partial charge in [-0.25, -0.2) is 0 Å². The van der Waals surface area contributed by atoms with Crippen molar-refractivity contribution in [1.82, 2.24) is 0 Å². The summed E-state index contributed by atoms with van der Waals surface area (Å²) in [5.41, 5.74) is 0. The van der Waals surface area contributed by atoms with Crippen molar-refractivity contribution in [3.05, 3.63) is 0 Å². The normalized spacial score (nSPS) is 16.8. The SMILES string of the molecule is O=CCC(O)[C@@H](O)CO. The zero-order valence-corrected chi connectivity index (χ0v) is 4.90. The molecule has 54 valence electrons. The fraction of sp³-hybridized carbons (Fsp3) is 0.800. The molecule has 0 saturated carbocycles. The standard InChI is InChI=1S/C5H10O4/c6-2-1-4(8)5(9)3-7/h2,4-5,7-9H,1,3H2/t4?,5-/m0/s1. The highest BCUT2D eigenvalue weighted by atomic mass is 16.4. The molecule has 0 aromatic carbocycles. The second-order valence-electron chi connectivity index (χ2n) is 1.72. The van der Waals surface area contributed by atoms with E-state index in [4.69, 9.17) is 15.3 Å². The third-order valence-electron chi connectivity index (χ3n) is 0.969. The van der Waals surface area contributed by atoms with Crippen LogP contribution in [0.1, 0.15) is 6.42 Å². The van der Waals surface area contributed by atoms with Crippen molar-refractivity contribution >= 4 is 6.29 Å². The van der Waals surface area contributed by atoms with E-state index < -0.39 is 18.8 Å². The number of rotatable bonds is 4. The molecule has 0 bridgehead atoms. The summed E-state index contributed by atoms with van der Waals surface area (Å²) in [6, 6.07) is 0. The molecule has 0 spiro atoms. The lowest BCUT2D eigenvalue weighted by Gasteiger charge is -2.11. The number of aliphatic hydroxyl groups is 3. The van der Waals surface area contributed by atoms with Gasteiger partial charge in [-0.1, -0.05) is 0 Å². The Morgan fingerprint density at radius 2 is 1.89 bits per heavy atom. The first-order valence-corrected chi connectivity index (χ1v) is 2.63. The molecule has 1 unspecified atom stereocenters. The maximum Gasteiger partial charge on any atom is 0.122 e. The van der Waals surface area contributed by atoms with Gasteiger partial charge in [-0.05, 0) is 0 Å². The number of carbonyl (C=O) groups excluding carboxylic acids is 1. The van der Waals surface area contributed by atoms with Gasteiger partial charge < -0.3 is 20.1 Å². The predicted molar refractivity (Wildman–Crippen MR) is 29.8 cm³/mol. The highest BCUT2D eigenvalue weighted by Crippen LogP contribution is 1.94. The van der Waals surface area contributed by atoms with E-state index >= 15 is 0 Å². The van der Waals surface area contributed by atoms with Crippen molar-refractivity contribution in [2.45, 2.75) is 18.6 Å². The molecule has 0 fully saturated rings. The Morgan fingerprint density at radius 1 is 1.33 bits per heavy atom. The first kappa shape index (κ1) is 8.55. The molecule has 3 N–H and O–H groups in total. The van der Waals surface area contributed by atoms with Crippen LogP contribution in [0.4, 0.5) is 0 Å². The fourth-order valence-corrected chi connectivity index (χ4v) is 0.377. The predicted octanol–water partition coefficient (Wildman–Crippen LogP) is -1.71. The van der Waals surface area contributed by atoms with Crippen molar-refractivity contribution in [2.24, 2.45) is 0 Å². The second-order valence-corrected chi connectivity index (χ2v) is 1.72. The van der Waals surface area contributed by atoms with E-state index in [0.29, 0.717) is 6.29 Å². The summed E-state index contributed by atoms with van der Waals surface area (Å²) in [6.07, 6.45) is -1.98. The van der Waals surface area contributed by atoms with Crippen LogP contribution in [0.3, 0.4) is 0 Å².